The van der Waals surface area contributed by atoms with Crippen molar-refractivity contribution in [3.05, 3.63) is 118 Å². The predicted octanol–water partition coefficient (Wildman–Crippen LogP) is 5.44. The molecule has 4 rings (SSSR count). The topological polar surface area (TPSA) is 83.8 Å². The van der Waals surface area contributed by atoms with Gasteiger partial charge in [-0.25, -0.2) is 13.8 Å². The highest BCUT2D eigenvalue weighted by atomic mass is 32.2. The fourth-order valence-electron chi connectivity index (χ4n) is 4.54. The molecule has 1 N–H and O–H groups in total. The molecule has 1 heterocycles. The summed E-state index contributed by atoms with van der Waals surface area (Å²) in [7, 11) is -3.47. The van der Waals surface area contributed by atoms with Gasteiger partial charge in [-0.1, -0.05) is 36.4 Å². The zero-order valence-corrected chi connectivity index (χ0v) is 23.1. The van der Waals surface area contributed by atoms with Gasteiger partial charge >= 0.3 is 0 Å². The van der Waals surface area contributed by atoms with Crippen molar-refractivity contribution in [2.45, 2.75) is 34.2 Å². The van der Waals surface area contributed by atoms with E-state index in [9.17, 15) is 13.2 Å². The van der Waals surface area contributed by atoms with Gasteiger partial charge < -0.3 is 4.57 Å². The van der Waals surface area contributed by atoms with Crippen LogP contribution in [0.1, 0.15) is 44.0 Å². The number of amides is 1. The molecule has 0 saturated carbocycles. The van der Waals surface area contributed by atoms with Gasteiger partial charge in [-0.2, -0.15) is 5.10 Å². The molecule has 196 valence electrons. The van der Waals surface area contributed by atoms with Crippen LogP contribution in [-0.4, -0.2) is 31.4 Å². The number of rotatable bonds is 8. The lowest BCUT2D eigenvalue weighted by Crippen LogP contribution is -2.29. The van der Waals surface area contributed by atoms with Crippen LogP contribution in [0.15, 0.2) is 84.0 Å². The summed E-state index contributed by atoms with van der Waals surface area (Å²) in [4.78, 5) is 12.7. The maximum Gasteiger partial charge on any atom is 0.271 e. The number of aromatic nitrogens is 1. The van der Waals surface area contributed by atoms with Crippen molar-refractivity contribution in [2.75, 3.05) is 10.6 Å². The lowest BCUT2D eigenvalue weighted by Gasteiger charge is -2.22. The number of aryl methyl sites for hydroxylation is 3. The van der Waals surface area contributed by atoms with Gasteiger partial charge in [-0.3, -0.25) is 9.10 Å². The average molecular weight is 529 g/mol. The van der Waals surface area contributed by atoms with Gasteiger partial charge in [0.05, 0.1) is 24.7 Å². The number of benzene rings is 3. The molecule has 3 aromatic carbocycles. The third-order valence-corrected chi connectivity index (χ3v) is 7.43. The van der Waals surface area contributed by atoms with Crippen LogP contribution in [0.3, 0.4) is 0 Å². The third kappa shape index (κ3) is 6.20. The number of nitrogens with zero attached hydrogens (tertiary/aromatic N) is 3. The van der Waals surface area contributed by atoms with Crippen LogP contribution in [0.4, 0.5) is 5.69 Å². The molecule has 0 bridgehead atoms. The first-order valence-electron chi connectivity index (χ1n) is 12.3. The van der Waals surface area contributed by atoms with Crippen molar-refractivity contribution in [3.8, 4) is 5.69 Å². The first kappa shape index (κ1) is 26.9. The number of hydrogen-bond donors (Lipinski definition) is 1. The Kier molecular flexibility index (Phi) is 7.83. The fraction of sp³-hybridized carbons (Fsp3) is 0.200. The van der Waals surface area contributed by atoms with E-state index in [1.165, 1.54) is 21.7 Å². The molecule has 7 nitrogen and oxygen atoms in total. The largest absolute Gasteiger partial charge is 0.318 e. The Morgan fingerprint density at radius 1 is 0.921 bits per heavy atom. The van der Waals surface area contributed by atoms with Crippen LogP contribution in [0, 0.1) is 27.7 Å². The Morgan fingerprint density at radius 2 is 1.55 bits per heavy atom. The molecular formula is C30H32N4O3S. The molecule has 0 aliphatic heterocycles. The molecule has 0 aliphatic rings. The molecule has 0 atom stereocenters. The highest BCUT2D eigenvalue weighted by Gasteiger charge is 2.18. The normalized spacial score (nSPS) is 11.6. The standard InChI is InChI=1S/C30H32N4O3S/c1-21-15-22(2)17-29(16-21)34-23(3)18-27(24(34)4)19-31-32-30(35)26-13-11-25(12-14-26)20-33(38(5,36)37)28-9-7-6-8-10-28/h6-19H,20H2,1-5H3,(H,32,35)/b31-19+. The number of hydrogen-bond acceptors (Lipinski definition) is 4. The van der Waals surface area contributed by atoms with Gasteiger partial charge in [0.15, 0.2) is 0 Å². The van der Waals surface area contributed by atoms with E-state index in [1.807, 2.05) is 26.0 Å². The molecule has 0 spiro atoms. The van der Waals surface area contributed by atoms with Crippen molar-refractivity contribution in [1.82, 2.24) is 9.99 Å². The second-order valence-corrected chi connectivity index (χ2v) is 11.4. The van der Waals surface area contributed by atoms with Crippen molar-refractivity contribution in [3.63, 3.8) is 0 Å². The monoisotopic (exact) mass is 528 g/mol. The van der Waals surface area contributed by atoms with E-state index in [0.717, 1.165) is 28.2 Å². The molecule has 0 aliphatic carbocycles. The Bertz CT molecular complexity index is 1570. The maximum absolute atomic E-state index is 12.7. The van der Waals surface area contributed by atoms with E-state index in [1.54, 1.807) is 54.7 Å². The summed E-state index contributed by atoms with van der Waals surface area (Å²) in [6.45, 7) is 8.41. The first-order chi connectivity index (χ1) is 18.0. The summed E-state index contributed by atoms with van der Waals surface area (Å²) in [5.74, 6) is -0.348. The highest BCUT2D eigenvalue weighted by molar-refractivity contribution is 7.92. The van der Waals surface area contributed by atoms with Crippen LogP contribution in [0.2, 0.25) is 0 Å². The predicted molar refractivity (Wildman–Crippen MR) is 154 cm³/mol. The fourth-order valence-corrected chi connectivity index (χ4v) is 5.43. The van der Waals surface area contributed by atoms with Gasteiger partial charge in [0.25, 0.3) is 5.91 Å². The molecule has 8 heteroatoms. The Balaban J connectivity index is 1.44. The second kappa shape index (κ2) is 11.1. The van der Waals surface area contributed by atoms with Gasteiger partial charge in [0, 0.05) is 28.2 Å². The van der Waals surface area contributed by atoms with Crippen LogP contribution in [-0.2, 0) is 16.6 Å². The molecule has 0 unspecified atom stereocenters. The summed E-state index contributed by atoms with van der Waals surface area (Å²) in [5.41, 5.74) is 10.9. The van der Waals surface area contributed by atoms with Crippen LogP contribution < -0.4 is 9.73 Å². The minimum atomic E-state index is -3.47. The lowest BCUT2D eigenvalue weighted by atomic mass is 10.1. The Morgan fingerprint density at radius 3 is 2.16 bits per heavy atom. The number of carbonyl (C=O) groups excluding carboxylic acids is 1. The number of carbonyl (C=O) groups is 1. The van der Waals surface area contributed by atoms with Crippen LogP contribution in [0.25, 0.3) is 5.69 Å². The Labute approximate surface area is 224 Å². The van der Waals surface area contributed by atoms with E-state index in [2.05, 4.69) is 47.1 Å². The summed E-state index contributed by atoms with van der Waals surface area (Å²) in [5, 5.41) is 4.18. The molecular weight excluding hydrogens is 496 g/mol. The Hall–Kier alpha value is -4.17. The van der Waals surface area contributed by atoms with Gasteiger partial charge in [-0.05, 0) is 86.8 Å². The van der Waals surface area contributed by atoms with Crippen molar-refractivity contribution < 1.29 is 13.2 Å². The summed E-state index contributed by atoms with van der Waals surface area (Å²) >= 11 is 0. The first-order valence-corrected chi connectivity index (χ1v) is 14.1. The molecule has 38 heavy (non-hydrogen) atoms. The van der Waals surface area contributed by atoms with E-state index >= 15 is 0 Å². The van der Waals surface area contributed by atoms with Gasteiger partial charge in [0.2, 0.25) is 10.0 Å². The smallest absolute Gasteiger partial charge is 0.271 e. The number of nitrogens with one attached hydrogen (secondary N) is 1. The van der Waals surface area contributed by atoms with Crippen molar-refractivity contribution >= 4 is 27.8 Å². The lowest BCUT2D eigenvalue weighted by molar-refractivity contribution is 0.0955. The van der Waals surface area contributed by atoms with Gasteiger partial charge in [-0.15, -0.1) is 0 Å². The zero-order valence-electron chi connectivity index (χ0n) is 22.3. The molecule has 0 fully saturated rings. The molecule has 1 aromatic heterocycles. The quantitative estimate of drug-likeness (QED) is 0.244. The SMILES string of the molecule is Cc1cc(C)cc(-n2c(C)cc(/C=N/NC(=O)c3ccc(CN(c4ccccc4)S(C)(=O)=O)cc3)c2C)c1. The van der Waals surface area contributed by atoms with Crippen LogP contribution in [0.5, 0.6) is 0 Å². The van der Waals surface area contributed by atoms with E-state index in [0.29, 0.717) is 11.3 Å². The highest BCUT2D eigenvalue weighted by Crippen LogP contribution is 2.22. The van der Waals surface area contributed by atoms with Crippen LogP contribution >= 0.6 is 0 Å². The zero-order chi connectivity index (χ0) is 27.4. The maximum atomic E-state index is 12.7. The average Bonchev–Trinajstić information content (AvgIpc) is 3.14. The van der Waals surface area contributed by atoms with E-state index < -0.39 is 10.0 Å². The molecule has 1 amide bonds. The summed E-state index contributed by atoms with van der Waals surface area (Å²) in [6, 6.07) is 24.2. The summed E-state index contributed by atoms with van der Waals surface area (Å²) < 4.78 is 28.2. The van der Waals surface area contributed by atoms with Gasteiger partial charge in [0.1, 0.15) is 0 Å². The number of sulfonamides is 1. The van der Waals surface area contributed by atoms with Crippen molar-refractivity contribution in [1.29, 1.82) is 0 Å². The minimum absolute atomic E-state index is 0.166. The molecule has 0 saturated heterocycles. The number of anilines is 1. The van der Waals surface area contributed by atoms with E-state index in [-0.39, 0.29) is 12.5 Å². The molecule has 4 aromatic rings. The van der Waals surface area contributed by atoms with Crippen molar-refractivity contribution in [2.24, 2.45) is 5.10 Å². The molecule has 0 radical (unpaired) electrons. The summed E-state index contributed by atoms with van der Waals surface area (Å²) in [6.07, 6.45) is 2.83. The second-order valence-electron chi connectivity index (χ2n) is 9.51. The number of para-hydroxylation sites is 1. The number of hydrazone groups is 1. The third-order valence-electron chi connectivity index (χ3n) is 6.29. The minimum Gasteiger partial charge on any atom is -0.318 e. The van der Waals surface area contributed by atoms with E-state index in [4.69, 9.17) is 0 Å².